The van der Waals surface area contributed by atoms with E-state index >= 15 is 0 Å². The number of nitrogens with zero attached hydrogens (tertiary/aromatic N) is 4. The number of halogens is 1. The summed E-state index contributed by atoms with van der Waals surface area (Å²) in [6, 6.07) is 9.10. The molecular formula is C16H19ClN4O2. The first-order valence-corrected chi connectivity index (χ1v) is 8.00. The van der Waals surface area contributed by atoms with Gasteiger partial charge in [0.05, 0.1) is 17.3 Å². The standard InChI is InChI=1S/C16H19ClN4O2/c17-13-3-1-2-4-15(13)21-6-5-14(18-21)16(23)20-9-7-19(8-10-20)11-12-22/h1-6,22H,7-12H2. The monoisotopic (exact) mass is 334 g/mol. The lowest BCUT2D eigenvalue weighted by molar-refractivity contribution is 0.0609. The molecule has 1 amide bonds. The van der Waals surface area contributed by atoms with Gasteiger partial charge in [-0.05, 0) is 18.2 Å². The maximum absolute atomic E-state index is 12.5. The first kappa shape index (κ1) is 16.0. The highest BCUT2D eigenvalue weighted by molar-refractivity contribution is 6.32. The van der Waals surface area contributed by atoms with Crippen molar-refractivity contribution >= 4 is 17.5 Å². The van der Waals surface area contributed by atoms with Gasteiger partial charge in [0.2, 0.25) is 0 Å². The molecule has 1 aliphatic rings. The fourth-order valence-electron chi connectivity index (χ4n) is 2.69. The van der Waals surface area contributed by atoms with Crippen LogP contribution in [0.1, 0.15) is 10.5 Å². The Hall–Kier alpha value is -1.89. The molecule has 1 aromatic heterocycles. The second kappa shape index (κ2) is 7.12. The second-order valence-corrected chi connectivity index (χ2v) is 5.86. The Bertz CT molecular complexity index is 680. The molecule has 23 heavy (non-hydrogen) atoms. The lowest BCUT2D eigenvalue weighted by Crippen LogP contribution is -2.49. The molecule has 3 rings (SSSR count). The number of carbonyl (C=O) groups is 1. The van der Waals surface area contributed by atoms with Crippen LogP contribution in [0.25, 0.3) is 5.69 Å². The van der Waals surface area contributed by atoms with Crippen LogP contribution in [-0.4, -0.2) is 69.9 Å². The lowest BCUT2D eigenvalue weighted by atomic mass is 10.3. The minimum atomic E-state index is -0.0700. The average molecular weight is 335 g/mol. The van der Waals surface area contributed by atoms with Crippen molar-refractivity contribution in [1.29, 1.82) is 0 Å². The maximum Gasteiger partial charge on any atom is 0.274 e. The second-order valence-electron chi connectivity index (χ2n) is 5.45. The molecule has 0 aliphatic carbocycles. The van der Waals surface area contributed by atoms with Crippen molar-refractivity contribution in [2.45, 2.75) is 0 Å². The summed E-state index contributed by atoms with van der Waals surface area (Å²) < 4.78 is 1.62. The number of aliphatic hydroxyl groups is 1. The molecule has 0 saturated carbocycles. The number of benzene rings is 1. The summed E-state index contributed by atoms with van der Waals surface area (Å²) in [4.78, 5) is 16.5. The van der Waals surface area contributed by atoms with Crippen LogP contribution in [0, 0.1) is 0 Å². The van der Waals surface area contributed by atoms with E-state index in [0.717, 1.165) is 18.8 Å². The van der Waals surface area contributed by atoms with Gasteiger partial charge >= 0.3 is 0 Å². The zero-order valence-corrected chi connectivity index (χ0v) is 13.5. The average Bonchev–Trinajstić information content (AvgIpc) is 3.05. The van der Waals surface area contributed by atoms with Gasteiger partial charge in [0, 0.05) is 38.9 Å². The molecule has 0 bridgehead atoms. The van der Waals surface area contributed by atoms with Crippen LogP contribution in [0.5, 0.6) is 0 Å². The summed E-state index contributed by atoms with van der Waals surface area (Å²) in [5.41, 5.74) is 1.17. The zero-order valence-electron chi connectivity index (χ0n) is 12.7. The third-order valence-electron chi connectivity index (χ3n) is 3.98. The quantitative estimate of drug-likeness (QED) is 0.915. The van der Waals surface area contributed by atoms with E-state index in [0.29, 0.717) is 30.4 Å². The molecule has 0 atom stereocenters. The van der Waals surface area contributed by atoms with E-state index < -0.39 is 0 Å². The van der Waals surface area contributed by atoms with Crippen molar-refractivity contribution in [2.24, 2.45) is 0 Å². The summed E-state index contributed by atoms with van der Waals surface area (Å²) in [7, 11) is 0. The Morgan fingerprint density at radius 2 is 1.91 bits per heavy atom. The summed E-state index contributed by atoms with van der Waals surface area (Å²) >= 11 is 6.16. The Balaban J connectivity index is 1.69. The molecule has 0 radical (unpaired) electrons. The smallest absolute Gasteiger partial charge is 0.274 e. The Labute approximate surface area is 139 Å². The summed E-state index contributed by atoms with van der Waals surface area (Å²) in [5.74, 6) is -0.0700. The molecular weight excluding hydrogens is 316 g/mol. The number of hydrogen-bond acceptors (Lipinski definition) is 4. The molecule has 0 unspecified atom stereocenters. The number of para-hydroxylation sites is 1. The molecule has 2 aromatic rings. The number of aliphatic hydroxyl groups excluding tert-OH is 1. The topological polar surface area (TPSA) is 61.6 Å². The van der Waals surface area contributed by atoms with Gasteiger partial charge in [-0.1, -0.05) is 23.7 Å². The van der Waals surface area contributed by atoms with Gasteiger partial charge in [0.25, 0.3) is 5.91 Å². The number of rotatable bonds is 4. The zero-order chi connectivity index (χ0) is 16.2. The molecule has 1 aliphatic heterocycles. The predicted octanol–water partition coefficient (Wildman–Crippen LogP) is 1.28. The van der Waals surface area contributed by atoms with Crippen LogP contribution in [0.3, 0.4) is 0 Å². The van der Waals surface area contributed by atoms with Crippen LogP contribution in [0.4, 0.5) is 0 Å². The molecule has 1 N–H and O–H groups in total. The highest BCUT2D eigenvalue weighted by Crippen LogP contribution is 2.19. The number of carbonyl (C=O) groups excluding carboxylic acids is 1. The van der Waals surface area contributed by atoms with Gasteiger partial charge in [-0.25, -0.2) is 4.68 Å². The van der Waals surface area contributed by atoms with Gasteiger partial charge in [-0.15, -0.1) is 0 Å². The number of aromatic nitrogens is 2. The number of β-amino-alcohol motifs (C(OH)–C–C–N with tert-alkyl or cyclic N) is 1. The number of piperazine rings is 1. The third kappa shape index (κ3) is 3.55. The van der Waals surface area contributed by atoms with E-state index in [9.17, 15) is 4.79 Å². The number of hydrogen-bond donors (Lipinski definition) is 1. The molecule has 1 saturated heterocycles. The SMILES string of the molecule is O=C(c1ccn(-c2ccccc2Cl)n1)N1CCN(CCO)CC1. The first-order chi connectivity index (χ1) is 11.2. The third-order valence-corrected chi connectivity index (χ3v) is 4.30. The fraction of sp³-hybridized carbons (Fsp3) is 0.375. The Kier molecular flexibility index (Phi) is 4.95. The normalized spacial score (nSPS) is 15.8. The molecule has 1 aromatic carbocycles. The highest BCUT2D eigenvalue weighted by atomic mass is 35.5. The van der Waals surface area contributed by atoms with Gasteiger partial charge < -0.3 is 10.0 Å². The summed E-state index contributed by atoms with van der Waals surface area (Å²) in [5, 5.41) is 13.9. The largest absolute Gasteiger partial charge is 0.395 e. The molecule has 1 fully saturated rings. The summed E-state index contributed by atoms with van der Waals surface area (Å²) in [6.07, 6.45) is 1.75. The van der Waals surface area contributed by atoms with Crippen LogP contribution in [0.2, 0.25) is 5.02 Å². The van der Waals surface area contributed by atoms with Crippen LogP contribution in [-0.2, 0) is 0 Å². The van der Waals surface area contributed by atoms with E-state index in [-0.39, 0.29) is 12.5 Å². The van der Waals surface area contributed by atoms with Crippen LogP contribution < -0.4 is 0 Å². The van der Waals surface area contributed by atoms with Gasteiger partial charge in [-0.2, -0.15) is 5.10 Å². The minimum absolute atomic E-state index is 0.0700. The lowest BCUT2D eigenvalue weighted by Gasteiger charge is -2.33. The van der Waals surface area contributed by atoms with E-state index in [2.05, 4.69) is 10.00 Å². The highest BCUT2D eigenvalue weighted by Gasteiger charge is 2.23. The van der Waals surface area contributed by atoms with Crippen LogP contribution >= 0.6 is 11.6 Å². The van der Waals surface area contributed by atoms with Crippen molar-refractivity contribution in [2.75, 3.05) is 39.3 Å². The maximum atomic E-state index is 12.5. The molecule has 2 heterocycles. The van der Waals surface area contributed by atoms with Crippen molar-refractivity contribution in [3.05, 3.63) is 47.2 Å². The van der Waals surface area contributed by atoms with Crippen LogP contribution in [0.15, 0.2) is 36.5 Å². The number of amides is 1. The van der Waals surface area contributed by atoms with Crippen molar-refractivity contribution in [3.8, 4) is 5.69 Å². The van der Waals surface area contributed by atoms with E-state index in [1.807, 2.05) is 18.2 Å². The van der Waals surface area contributed by atoms with E-state index in [1.54, 1.807) is 27.9 Å². The molecule has 7 heteroatoms. The summed E-state index contributed by atoms with van der Waals surface area (Å²) in [6.45, 7) is 3.66. The Morgan fingerprint density at radius 3 is 2.61 bits per heavy atom. The van der Waals surface area contributed by atoms with Gasteiger partial charge in [0.1, 0.15) is 0 Å². The predicted molar refractivity (Wildman–Crippen MR) is 88.0 cm³/mol. The van der Waals surface area contributed by atoms with E-state index in [4.69, 9.17) is 16.7 Å². The van der Waals surface area contributed by atoms with Crippen molar-refractivity contribution < 1.29 is 9.90 Å². The Morgan fingerprint density at radius 1 is 1.17 bits per heavy atom. The first-order valence-electron chi connectivity index (χ1n) is 7.62. The fourth-order valence-corrected chi connectivity index (χ4v) is 2.91. The molecule has 0 spiro atoms. The van der Waals surface area contributed by atoms with Crippen molar-refractivity contribution in [1.82, 2.24) is 19.6 Å². The van der Waals surface area contributed by atoms with Crippen molar-refractivity contribution in [3.63, 3.8) is 0 Å². The molecule has 6 nitrogen and oxygen atoms in total. The minimum Gasteiger partial charge on any atom is -0.395 e. The van der Waals surface area contributed by atoms with E-state index in [1.165, 1.54) is 0 Å². The molecule has 122 valence electrons. The van der Waals surface area contributed by atoms with Gasteiger partial charge in [-0.3, -0.25) is 9.69 Å². The van der Waals surface area contributed by atoms with Gasteiger partial charge in [0.15, 0.2) is 5.69 Å².